The molecule has 1 aromatic rings. The maximum absolute atomic E-state index is 5.81. The number of hydrogen-bond acceptors (Lipinski definition) is 3. The molecule has 0 bridgehead atoms. The van der Waals surface area contributed by atoms with E-state index in [2.05, 4.69) is 6.92 Å². The zero-order valence-electron chi connectivity index (χ0n) is 10.4. The summed E-state index contributed by atoms with van der Waals surface area (Å²) in [4.78, 5) is 0. The van der Waals surface area contributed by atoms with Crippen molar-refractivity contribution in [2.24, 2.45) is 11.7 Å². The van der Waals surface area contributed by atoms with Crippen LogP contribution in [0.15, 0.2) is 18.2 Å². The summed E-state index contributed by atoms with van der Waals surface area (Å²) in [5, 5.41) is 0. The summed E-state index contributed by atoms with van der Waals surface area (Å²) in [7, 11) is 0. The quantitative estimate of drug-likeness (QED) is 0.790. The number of benzene rings is 1. The molecule has 0 atom stereocenters. The van der Waals surface area contributed by atoms with Gasteiger partial charge < -0.3 is 15.2 Å². The van der Waals surface area contributed by atoms with Gasteiger partial charge in [0.05, 0.1) is 13.2 Å². The highest BCUT2D eigenvalue weighted by Gasteiger charge is 2.22. The van der Waals surface area contributed by atoms with Crippen molar-refractivity contribution in [2.75, 3.05) is 13.2 Å². The van der Waals surface area contributed by atoms with Crippen molar-refractivity contribution in [3.05, 3.63) is 23.8 Å². The van der Waals surface area contributed by atoms with Crippen LogP contribution in [-0.4, -0.2) is 13.2 Å². The van der Waals surface area contributed by atoms with E-state index >= 15 is 0 Å². The van der Waals surface area contributed by atoms with Crippen molar-refractivity contribution < 1.29 is 9.47 Å². The summed E-state index contributed by atoms with van der Waals surface area (Å²) in [6, 6.07) is 5.91. The molecule has 1 fully saturated rings. The fraction of sp³-hybridized carbons (Fsp3) is 0.571. The molecule has 3 nitrogen and oxygen atoms in total. The molecule has 17 heavy (non-hydrogen) atoms. The molecule has 2 N–H and O–H groups in total. The van der Waals surface area contributed by atoms with Gasteiger partial charge in [0, 0.05) is 18.2 Å². The average Bonchev–Trinajstić information content (AvgIpc) is 3.18. The standard InChI is InChI=1S/C14H21NO2/c1-2-7-16-13-6-5-12(9-15)14(8-13)17-10-11-3-4-11/h5-6,8,11H,2-4,7,9-10,15H2,1H3. The van der Waals surface area contributed by atoms with Crippen LogP contribution in [0.1, 0.15) is 31.7 Å². The molecule has 0 aliphatic heterocycles. The normalized spacial score (nSPS) is 14.7. The second kappa shape index (κ2) is 5.92. The molecule has 0 amide bonds. The van der Waals surface area contributed by atoms with Gasteiger partial charge in [-0.1, -0.05) is 13.0 Å². The fourth-order valence-electron chi connectivity index (χ4n) is 1.64. The van der Waals surface area contributed by atoms with Crippen molar-refractivity contribution >= 4 is 0 Å². The first-order valence-corrected chi connectivity index (χ1v) is 6.42. The van der Waals surface area contributed by atoms with Crippen LogP contribution in [0.2, 0.25) is 0 Å². The molecule has 0 unspecified atom stereocenters. The van der Waals surface area contributed by atoms with Gasteiger partial charge in [0.1, 0.15) is 11.5 Å². The van der Waals surface area contributed by atoms with Gasteiger partial charge in [0.25, 0.3) is 0 Å². The van der Waals surface area contributed by atoms with E-state index < -0.39 is 0 Å². The van der Waals surface area contributed by atoms with E-state index in [1.807, 2.05) is 18.2 Å². The summed E-state index contributed by atoms with van der Waals surface area (Å²) in [6.07, 6.45) is 3.60. The van der Waals surface area contributed by atoms with Crippen molar-refractivity contribution in [3.63, 3.8) is 0 Å². The fourth-order valence-corrected chi connectivity index (χ4v) is 1.64. The van der Waals surface area contributed by atoms with E-state index in [-0.39, 0.29) is 0 Å². The number of hydrogen-bond donors (Lipinski definition) is 1. The summed E-state index contributed by atoms with van der Waals surface area (Å²) < 4.78 is 11.4. The zero-order chi connectivity index (χ0) is 12.1. The Kier molecular flexibility index (Phi) is 4.26. The molecule has 3 heteroatoms. The summed E-state index contributed by atoms with van der Waals surface area (Å²) in [5.41, 5.74) is 6.75. The van der Waals surface area contributed by atoms with Crippen LogP contribution in [0.4, 0.5) is 0 Å². The van der Waals surface area contributed by atoms with Crippen molar-refractivity contribution in [1.29, 1.82) is 0 Å². The topological polar surface area (TPSA) is 44.5 Å². The molecule has 0 radical (unpaired) electrons. The van der Waals surface area contributed by atoms with Crippen LogP contribution in [0, 0.1) is 5.92 Å². The van der Waals surface area contributed by atoms with Crippen molar-refractivity contribution in [2.45, 2.75) is 32.7 Å². The van der Waals surface area contributed by atoms with Crippen LogP contribution < -0.4 is 15.2 Å². The molecular formula is C14H21NO2. The second-order valence-electron chi connectivity index (χ2n) is 4.58. The highest BCUT2D eigenvalue weighted by Crippen LogP contribution is 2.31. The van der Waals surface area contributed by atoms with Gasteiger partial charge in [0.15, 0.2) is 0 Å². The van der Waals surface area contributed by atoms with Gasteiger partial charge in [-0.05, 0) is 31.2 Å². The van der Waals surface area contributed by atoms with Crippen LogP contribution in [0.25, 0.3) is 0 Å². The first-order valence-electron chi connectivity index (χ1n) is 6.42. The molecule has 0 saturated heterocycles. The zero-order valence-corrected chi connectivity index (χ0v) is 10.4. The highest BCUT2D eigenvalue weighted by molar-refractivity contribution is 5.40. The summed E-state index contributed by atoms with van der Waals surface area (Å²) in [5.74, 6) is 2.50. The Morgan fingerprint density at radius 1 is 1.29 bits per heavy atom. The van der Waals surface area contributed by atoms with Gasteiger partial charge in [0.2, 0.25) is 0 Å². The monoisotopic (exact) mass is 235 g/mol. The third-order valence-corrected chi connectivity index (χ3v) is 2.90. The Bertz CT molecular complexity index is 361. The smallest absolute Gasteiger partial charge is 0.127 e. The van der Waals surface area contributed by atoms with Gasteiger partial charge >= 0.3 is 0 Å². The Hall–Kier alpha value is -1.22. The lowest BCUT2D eigenvalue weighted by Crippen LogP contribution is -2.05. The van der Waals surface area contributed by atoms with E-state index in [4.69, 9.17) is 15.2 Å². The highest BCUT2D eigenvalue weighted by atomic mass is 16.5. The number of nitrogens with two attached hydrogens (primary N) is 1. The molecular weight excluding hydrogens is 214 g/mol. The summed E-state index contributed by atoms with van der Waals surface area (Å²) in [6.45, 7) is 4.15. The SMILES string of the molecule is CCCOc1ccc(CN)c(OCC2CC2)c1. The average molecular weight is 235 g/mol. The third-order valence-electron chi connectivity index (χ3n) is 2.90. The molecule has 0 aromatic heterocycles. The minimum absolute atomic E-state index is 0.508. The molecule has 2 rings (SSSR count). The molecule has 0 spiro atoms. The van der Waals surface area contributed by atoms with Crippen LogP contribution >= 0.6 is 0 Å². The van der Waals surface area contributed by atoms with E-state index in [0.29, 0.717) is 6.54 Å². The number of ether oxygens (including phenoxy) is 2. The maximum Gasteiger partial charge on any atom is 0.127 e. The predicted octanol–water partition coefficient (Wildman–Crippen LogP) is 2.72. The third kappa shape index (κ3) is 3.63. The van der Waals surface area contributed by atoms with Crippen molar-refractivity contribution in [3.8, 4) is 11.5 Å². The molecule has 1 aromatic carbocycles. The lowest BCUT2D eigenvalue weighted by atomic mass is 10.2. The summed E-state index contributed by atoms with van der Waals surface area (Å²) >= 11 is 0. The number of rotatable bonds is 7. The van der Waals surface area contributed by atoms with E-state index in [9.17, 15) is 0 Å². The Morgan fingerprint density at radius 3 is 2.76 bits per heavy atom. The largest absolute Gasteiger partial charge is 0.493 e. The Morgan fingerprint density at radius 2 is 2.12 bits per heavy atom. The maximum atomic E-state index is 5.81. The van der Waals surface area contributed by atoms with Crippen LogP contribution in [-0.2, 0) is 6.54 Å². The van der Waals surface area contributed by atoms with Crippen LogP contribution in [0.5, 0.6) is 11.5 Å². The Labute approximate surface area is 103 Å². The molecule has 0 heterocycles. The van der Waals surface area contributed by atoms with Crippen LogP contribution in [0.3, 0.4) is 0 Å². The van der Waals surface area contributed by atoms with E-state index in [1.54, 1.807) is 0 Å². The molecule has 1 saturated carbocycles. The second-order valence-corrected chi connectivity index (χ2v) is 4.58. The van der Waals surface area contributed by atoms with E-state index in [1.165, 1.54) is 12.8 Å². The lowest BCUT2D eigenvalue weighted by Gasteiger charge is -2.12. The minimum atomic E-state index is 0.508. The predicted molar refractivity (Wildman–Crippen MR) is 68.3 cm³/mol. The molecule has 1 aliphatic carbocycles. The lowest BCUT2D eigenvalue weighted by molar-refractivity contribution is 0.288. The molecule has 94 valence electrons. The Balaban J connectivity index is 2.01. The molecule has 1 aliphatic rings. The van der Waals surface area contributed by atoms with Gasteiger partial charge in [-0.15, -0.1) is 0 Å². The first kappa shape index (κ1) is 12.2. The minimum Gasteiger partial charge on any atom is -0.493 e. The first-order chi connectivity index (χ1) is 8.33. The van der Waals surface area contributed by atoms with Gasteiger partial charge in [-0.25, -0.2) is 0 Å². The van der Waals surface area contributed by atoms with Crippen molar-refractivity contribution in [1.82, 2.24) is 0 Å². The van der Waals surface area contributed by atoms with E-state index in [0.717, 1.165) is 42.6 Å². The van der Waals surface area contributed by atoms with Gasteiger partial charge in [-0.2, -0.15) is 0 Å². The van der Waals surface area contributed by atoms with Gasteiger partial charge in [-0.3, -0.25) is 0 Å².